The molecular weight excluding hydrogens is 499 g/mol. The number of phosphoric acid groups is 1. The van der Waals surface area contributed by atoms with E-state index in [2.05, 4.69) is 24.7 Å². The molecule has 0 N–H and O–H groups in total. The van der Waals surface area contributed by atoms with E-state index in [0.717, 1.165) is 11.1 Å². The number of carbonyl (C=O) groups is 1. The van der Waals surface area contributed by atoms with Gasteiger partial charge in [0.2, 0.25) is 0 Å². The van der Waals surface area contributed by atoms with E-state index in [0.29, 0.717) is 11.1 Å². The van der Waals surface area contributed by atoms with E-state index in [4.69, 9.17) is 13.6 Å². The van der Waals surface area contributed by atoms with Crippen LogP contribution in [0.1, 0.15) is 27.0 Å². The SMILES string of the molecule is O=C([O][Ag])c1ccc(COP(=O)(OCc2ccccc2)OCc2ccccc2)cc1. The third kappa shape index (κ3) is 7.04. The zero-order chi connectivity index (χ0) is 21.2. The van der Waals surface area contributed by atoms with Crippen LogP contribution in [0.2, 0.25) is 0 Å². The second kappa shape index (κ2) is 11.4. The Morgan fingerprint density at radius 3 is 1.47 bits per heavy atom. The van der Waals surface area contributed by atoms with Gasteiger partial charge in [0, 0.05) is 0 Å². The van der Waals surface area contributed by atoms with Gasteiger partial charge in [-0.05, 0) is 0 Å². The molecule has 0 aromatic heterocycles. The molecule has 0 aliphatic rings. The molecule has 0 radical (unpaired) electrons. The van der Waals surface area contributed by atoms with E-state index in [9.17, 15) is 9.36 Å². The molecule has 0 aliphatic carbocycles. The van der Waals surface area contributed by atoms with Crippen molar-refractivity contribution in [1.29, 1.82) is 0 Å². The molecule has 3 aromatic carbocycles. The Morgan fingerprint density at radius 2 is 1.07 bits per heavy atom. The molecule has 0 unspecified atom stereocenters. The number of rotatable bonds is 10. The Bertz CT molecular complexity index is 932. The quantitative estimate of drug-likeness (QED) is 0.265. The van der Waals surface area contributed by atoms with Crippen molar-refractivity contribution in [3.05, 3.63) is 107 Å². The van der Waals surface area contributed by atoms with Gasteiger partial charge in [0.05, 0.1) is 0 Å². The molecule has 0 amide bonds. The molecule has 0 saturated heterocycles. The van der Waals surface area contributed by atoms with Crippen molar-refractivity contribution in [2.24, 2.45) is 0 Å². The van der Waals surface area contributed by atoms with Crippen LogP contribution in [0.4, 0.5) is 0 Å². The molecule has 0 spiro atoms. The average molecular weight is 519 g/mol. The van der Waals surface area contributed by atoms with Crippen molar-refractivity contribution in [3.63, 3.8) is 0 Å². The van der Waals surface area contributed by atoms with Crippen LogP contribution < -0.4 is 0 Å². The van der Waals surface area contributed by atoms with Crippen molar-refractivity contribution in [2.45, 2.75) is 19.8 Å². The summed E-state index contributed by atoms with van der Waals surface area (Å²) >= 11 is 2.67. The second-order valence-electron chi connectivity index (χ2n) is 6.28. The Labute approximate surface area is 188 Å². The van der Waals surface area contributed by atoms with Gasteiger partial charge < -0.3 is 0 Å². The van der Waals surface area contributed by atoms with Crippen molar-refractivity contribution in [3.8, 4) is 0 Å². The van der Waals surface area contributed by atoms with E-state index in [1.54, 1.807) is 24.3 Å². The number of phosphoric ester groups is 1. The molecule has 3 rings (SSSR count). The predicted octanol–water partition coefficient (Wildman–Crippen LogP) is 5.36. The standard InChI is InChI=1S/C22H21O6P.Ag/c23-22(24)21-13-11-20(12-14-21)17-28-29(25,26-15-18-7-3-1-4-8-18)27-16-19-9-5-2-6-10-19;/h1-14H,15-17H2,(H,23,24);/q;+1/p-1. The topological polar surface area (TPSA) is 71.1 Å². The molecule has 0 aliphatic heterocycles. The summed E-state index contributed by atoms with van der Waals surface area (Å²) < 4.78 is 34.4. The fourth-order valence-corrected chi connectivity index (χ4v) is 3.81. The zero-order valence-electron chi connectivity index (χ0n) is 15.9. The summed E-state index contributed by atoms with van der Waals surface area (Å²) in [7, 11) is -3.85. The summed E-state index contributed by atoms with van der Waals surface area (Å²) in [6.07, 6.45) is 0. The van der Waals surface area contributed by atoms with Gasteiger partial charge >= 0.3 is 128 Å². The monoisotopic (exact) mass is 518 g/mol. The molecule has 0 atom stereocenters. The normalized spacial score (nSPS) is 11.3. The zero-order valence-corrected chi connectivity index (χ0v) is 18.3. The van der Waals surface area contributed by atoms with Crippen LogP contribution in [0.3, 0.4) is 0 Å². The summed E-state index contributed by atoms with van der Waals surface area (Å²) in [4.78, 5) is 11.5. The van der Waals surface area contributed by atoms with Gasteiger partial charge in [-0.3, -0.25) is 0 Å². The maximum atomic E-state index is 13.2. The van der Waals surface area contributed by atoms with Crippen LogP contribution in [0.15, 0.2) is 84.9 Å². The number of hydrogen-bond donors (Lipinski definition) is 0. The summed E-state index contributed by atoms with van der Waals surface area (Å²) in [5, 5.41) is 0. The van der Waals surface area contributed by atoms with Gasteiger partial charge in [0.1, 0.15) is 0 Å². The first-order valence-corrected chi connectivity index (χ1v) is 11.1. The first-order chi connectivity index (χ1) is 14.6. The molecular formula is C22H20AgO6P. The molecule has 160 valence electrons. The Morgan fingerprint density at radius 1 is 0.667 bits per heavy atom. The van der Waals surface area contributed by atoms with E-state index in [-0.39, 0.29) is 19.8 Å². The third-order valence-corrected chi connectivity index (χ3v) is 5.71. The van der Waals surface area contributed by atoms with Gasteiger partial charge in [-0.15, -0.1) is 0 Å². The summed E-state index contributed by atoms with van der Waals surface area (Å²) in [5.74, 6) is -0.510. The van der Waals surface area contributed by atoms with Crippen LogP contribution in [-0.2, 0) is 62.7 Å². The van der Waals surface area contributed by atoms with Crippen molar-refractivity contribution in [2.75, 3.05) is 0 Å². The van der Waals surface area contributed by atoms with Crippen molar-refractivity contribution in [1.82, 2.24) is 0 Å². The Balaban J connectivity index is 1.66. The summed E-state index contributed by atoms with van der Waals surface area (Å²) in [5.41, 5.74) is 2.77. The fraction of sp³-hybridized carbons (Fsp3) is 0.136. The van der Waals surface area contributed by atoms with Crippen molar-refractivity contribution >= 4 is 13.8 Å². The second-order valence-corrected chi connectivity index (χ2v) is 8.26. The molecule has 0 heterocycles. The van der Waals surface area contributed by atoms with E-state index in [1.807, 2.05) is 60.7 Å². The molecule has 6 nitrogen and oxygen atoms in total. The van der Waals surface area contributed by atoms with E-state index in [1.165, 1.54) is 0 Å². The van der Waals surface area contributed by atoms with Gasteiger partial charge in [-0.2, -0.15) is 0 Å². The number of benzene rings is 3. The van der Waals surface area contributed by atoms with Crippen LogP contribution in [0.25, 0.3) is 0 Å². The molecule has 30 heavy (non-hydrogen) atoms. The van der Waals surface area contributed by atoms with Crippen molar-refractivity contribution < 1.29 is 47.6 Å². The molecule has 3 aromatic rings. The molecule has 0 fully saturated rings. The van der Waals surface area contributed by atoms with Gasteiger partial charge in [-0.1, -0.05) is 60.7 Å². The van der Waals surface area contributed by atoms with Crippen LogP contribution >= 0.6 is 7.82 Å². The first kappa shape index (κ1) is 22.7. The van der Waals surface area contributed by atoms with Gasteiger partial charge in [0.25, 0.3) is 0 Å². The minimum atomic E-state index is -3.85. The number of carbonyl (C=O) groups excluding carboxylic acids is 1. The van der Waals surface area contributed by atoms with Crippen LogP contribution in [-0.4, -0.2) is 5.97 Å². The van der Waals surface area contributed by atoms with Gasteiger partial charge in [-0.25, -0.2) is 0 Å². The first-order valence-electron chi connectivity index (χ1n) is 9.08. The minimum absolute atomic E-state index is 0.00958. The Kier molecular flexibility index (Phi) is 8.61. The third-order valence-electron chi connectivity index (χ3n) is 4.10. The maximum absolute atomic E-state index is 13.2. The summed E-state index contributed by atoms with van der Waals surface area (Å²) in [6.45, 7) is 0.163. The van der Waals surface area contributed by atoms with E-state index < -0.39 is 13.8 Å². The molecule has 8 heteroatoms. The molecule has 0 bridgehead atoms. The van der Waals surface area contributed by atoms with Crippen LogP contribution in [0, 0.1) is 0 Å². The average Bonchev–Trinajstić information content (AvgIpc) is 2.81. The van der Waals surface area contributed by atoms with E-state index >= 15 is 0 Å². The van der Waals surface area contributed by atoms with Gasteiger partial charge in [0.15, 0.2) is 0 Å². The summed E-state index contributed by atoms with van der Waals surface area (Å²) in [6, 6.07) is 25.2. The predicted molar refractivity (Wildman–Crippen MR) is 107 cm³/mol. The number of hydrogen-bond acceptors (Lipinski definition) is 6. The van der Waals surface area contributed by atoms with Crippen LogP contribution in [0.5, 0.6) is 0 Å². The molecule has 0 saturated carbocycles. The Hall–Kier alpha value is -2.02. The fourth-order valence-electron chi connectivity index (χ4n) is 2.49.